The number of aliphatic hydroxyl groups is 1. The summed E-state index contributed by atoms with van der Waals surface area (Å²) in [6, 6.07) is 15.7. The highest BCUT2D eigenvalue weighted by atomic mass is 16.3. The number of carbonyl (C=O) groups is 1. The van der Waals surface area contributed by atoms with Crippen molar-refractivity contribution in [3.05, 3.63) is 65.5 Å². The Labute approximate surface area is 164 Å². The number of para-hydroxylation sites is 2. The van der Waals surface area contributed by atoms with E-state index in [0.717, 1.165) is 60.3 Å². The van der Waals surface area contributed by atoms with Crippen molar-refractivity contribution in [2.24, 2.45) is 5.92 Å². The second-order valence-electron chi connectivity index (χ2n) is 7.49. The number of urea groups is 1. The van der Waals surface area contributed by atoms with Gasteiger partial charge in [-0.25, -0.2) is 9.78 Å². The number of benzene rings is 2. The highest BCUT2D eigenvalue weighted by Crippen LogP contribution is 2.21. The third-order valence-corrected chi connectivity index (χ3v) is 5.38. The summed E-state index contributed by atoms with van der Waals surface area (Å²) < 4.78 is 0. The Balaban J connectivity index is 1.31. The zero-order chi connectivity index (χ0) is 19.3. The third-order valence-electron chi connectivity index (χ3n) is 5.38. The van der Waals surface area contributed by atoms with Crippen molar-refractivity contribution in [2.75, 3.05) is 13.1 Å². The van der Waals surface area contributed by atoms with E-state index in [2.05, 4.69) is 15.3 Å². The second kappa shape index (κ2) is 8.44. The summed E-state index contributed by atoms with van der Waals surface area (Å²) >= 11 is 0. The third kappa shape index (κ3) is 4.34. The van der Waals surface area contributed by atoms with Gasteiger partial charge in [0.05, 0.1) is 17.6 Å². The van der Waals surface area contributed by atoms with E-state index in [9.17, 15) is 4.79 Å². The van der Waals surface area contributed by atoms with E-state index in [1.165, 1.54) is 0 Å². The van der Waals surface area contributed by atoms with Gasteiger partial charge in [0.2, 0.25) is 0 Å². The molecule has 0 saturated carbocycles. The van der Waals surface area contributed by atoms with Crippen molar-refractivity contribution in [3.8, 4) is 0 Å². The summed E-state index contributed by atoms with van der Waals surface area (Å²) in [5, 5.41) is 12.1. The van der Waals surface area contributed by atoms with E-state index in [1.807, 2.05) is 53.4 Å². The van der Waals surface area contributed by atoms with E-state index in [4.69, 9.17) is 5.11 Å². The molecule has 0 radical (unpaired) electrons. The van der Waals surface area contributed by atoms with Crippen LogP contribution in [0.4, 0.5) is 4.79 Å². The molecule has 3 N–H and O–H groups in total. The molecule has 1 fully saturated rings. The molecule has 0 spiro atoms. The molecular weight excluding hydrogens is 352 g/mol. The minimum atomic E-state index is -0.0134. The van der Waals surface area contributed by atoms with Crippen LogP contribution in [0.15, 0.2) is 48.5 Å². The SMILES string of the molecule is O=C(NCc1ccc(CO)cc1)N1CCCC(Cc2nc3ccccc3[nH]2)C1. The van der Waals surface area contributed by atoms with Gasteiger partial charge >= 0.3 is 6.03 Å². The lowest BCUT2D eigenvalue weighted by Crippen LogP contribution is -2.45. The van der Waals surface area contributed by atoms with Crippen molar-refractivity contribution < 1.29 is 9.90 Å². The van der Waals surface area contributed by atoms with Crippen LogP contribution in [-0.4, -0.2) is 39.1 Å². The van der Waals surface area contributed by atoms with E-state index in [-0.39, 0.29) is 12.6 Å². The Bertz CT molecular complexity index is 902. The van der Waals surface area contributed by atoms with Gasteiger partial charge in [0.1, 0.15) is 5.82 Å². The molecule has 4 rings (SSSR count). The summed E-state index contributed by atoms with van der Waals surface area (Å²) in [7, 11) is 0. The van der Waals surface area contributed by atoms with Gasteiger partial charge in [-0.05, 0) is 42.0 Å². The lowest BCUT2D eigenvalue weighted by molar-refractivity contribution is 0.164. The van der Waals surface area contributed by atoms with Gasteiger partial charge in [0, 0.05) is 26.1 Å². The van der Waals surface area contributed by atoms with Crippen LogP contribution in [0.3, 0.4) is 0 Å². The molecule has 3 aromatic rings. The van der Waals surface area contributed by atoms with Gasteiger partial charge in [-0.15, -0.1) is 0 Å². The number of hydrogen-bond donors (Lipinski definition) is 3. The quantitative estimate of drug-likeness (QED) is 0.638. The summed E-state index contributed by atoms with van der Waals surface area (Å²) in [6.45, 7) is 2.08. The smallest absolute Gasteiger partial charge is 0.317 e. The number of likely N-dealkylation sites (tertiary alicyclic amines) is 1. The Hall–Kier alpha value is -2.86. The first-order valence-electron chi connectivity index (χ1n) is 9.86. The topological polar surface area (TPSA) is 81.2 Å². The first-order chi connectivity index (χ1) is 13.7. The maximum atomic E-state index is 12.6. The number of aromatic amines is 1. The Kier molecular flexibility index (Phi) is 5.58. The van der Waals surface area contributed by atoms with Gasteiger partial charge in [0.15, 0.2) is 0 Å². The normalized spacial score (nSPS) is 17.0. The highest BCUT2D eigenvalue weighted by molar-refractivity contribution is 5.75. The van der Waals surface area contributed by atoms with Crippen LogP contribution < -0.4 is 5.32 Å². The number of fused-ring (bicyclic) bond motifs is 1. The lowest BCUT2D eigenvalue weighted by Gasteiger charge is -2.32. The van der Waals surface area contributed by atoms with E-state index in [1.54, 1.807) is 0 Å². The summed E-state index contributed by atoms with van der Waals surface area (Å²) in [5.74, 6) is 1.42. The molecule has 1 aliphatic rings. The van der Waals surface area contributed by atoms with Crippen molar-refractivity contribution >= 4 is 17.1 Å². The second-order valence-corrected chi connectivity index (χ2v) is 7.49. The largest absolute Gasteiger partial charge is 0.392 e. The van der Waals surface area contributed by atoms with Gasteiger partial charge in [-0.2, -0.15) is 0 Å². The first-order valence-corrected chi connectivity index (χ1v) is 9.86. The first kappa shape index (κ1) is 18.5. The van der Waals surface area contributed by atoms with Crippen LogP contribution >= 0.6 is 0 Å². The number of imidazole rings is 1. The van der Waals surface area contributed by atoms with Crippen LogP contribution in [-0.2, 0) is 19.6 Å². The molecule has 1 atom stereocenters. The zero-order valence-corrected chi connectivity index (χ0v) is 15.9. The van der Waals surface area contributed by atoms with Gasteiger partial charge in [0.25, 0.3) is 0 Å². The van der Waals surface area contributed by atoms with Crippen molar-refractivity contribution in [1.29, 1.82) is 0 Å². The Morgan fingerprint density at radius 2 is 1.96 bits per heavy atom. The Morgan fingerprint density at radius 1 is 1.18 bits per heavy atom. The molecule has 2 aromatic carbocycles. The fourth-order valence-electron chi connectivity index (χ4n) is 3.84. The van der Waals surface area contributed by atoms with Crippen molar-refractivity contribution in [3.63, 3.8) is 0 Å². The molecule has 1 saturated heterocycles. The molecule has 0 aliphatic carbocycles. The zero-order valence-electron chi connectivity index (χ0n) is 15.9. The van der Waals surface area contributed by atoms with Crippen LogP contribution in [0.2, 0.25) is 0 Å². The molecule has 6 heteroatoms. The molecule has 2 amide bonds. The predicted octanol–water partition coefficient (Wildman–Crippen LogP) is 3.22. The minimum Gasteiger partial charge on any atom is -0.392 e. The summed E-state index contributed by atoms with van der Waals surface area (Å²) in [4.78, 5) is 22.6. The predicted molar refractivity (Wildman–Crippen MR) is 109 cm³/mol. The highest BCUT2D eigenvalue weighted by Gasteiger charge is 2.24. The number of nitrogens with zero attached hydrogens (tertiary/aromatic N) is 2. The number of nitrogens with one attached hydrogen (secondary N) is 2. The fraction of sp³-hybridized carbons (Fsp3) is 0.364. The molecule has 1 unspecified atom stereocenters. The number of amides is 2. The van der Waals surface area contributed by atoms with Gasteiger partial charge in [-0.1, -0.05) is 36.4 Å². The maximum absolute atomic E-state index is 12.6. The number of hydrogen-bond acceptors (Lipinski definition) is 3. The number of H-pyrrole nitrogens is 1. The maximum Gasteiger partial charge on any atom is 0.317 e. The molecule has 28 heavy (non-hydrogen) atoms. The monoisotopic (exact) mass is 378 g/mol. The standard InChI is InChI=1S/C22H26N4O2/c27-15-17-9-7-16(8-10-17)13-23-22(28)26-11-3-4-18(14-26)12-21-24-19-5-1-2-6-20(19)25-21/h1-2,5-10,18,27H,3-4,11-15H2,(H,23,28)(H,24,25). The van der Waals surface area contributed by atoms with E-state index in [0.29, 0.717) is 12.5 Å². The molecule has 1 aliphatic heterocycles. The number of carbonyl (C=O) groups excluding carboxylic acids is 1. The Morgan fingerprint density at radius 3 is 2.75 bits per heavy atom. The number of aromatic nitrogens is 2. The van der Waals surface area contributed by atoms with E-state index >= 15 is 0 Å². The summed E-state index contributed by atoms with van der Waals surface area (Å²) in [6.07, 6.45) is 2.99. The lowest BCUT2D eigenvalue weighted by atomic mass is 9.95. The summed E-state index contributed by atoms with van der Waals surface area (Å²) in [5.41, 5.74) is 3.96. The molecule has 1 aromatic heterocycles. The van der Waals surface area contributed by atoms with Crippen LogP contribution in [0.5, 0.6) is 0 Å². The van der Waals surface area contributed by atoms with Gasteiger partial charge < -0.3 is 20.3 Å². The number of aliphatic hydroxyl groups excluding tert-OH is 1. The minimum absolute atomic E-state index is 0.0134. The molecule has 2 heterocycles. The fourth-order valence-corrected chi connectivity index (χ4v) is 3.84. The average molecular weight is 378 g/mol. The number of rotatable bonds is 5. The average Bonchev–Trinajstić information content (AvgIpc) is 3.15. The van der Waals surface area contributed by atoms with Crippen molar-refractivity contribution in [1.82, 2.24) is 20.2 Å². The number of piperidine rings is 1. The molecule has 0 bridgehead atoms. The molecule has 6 nitrogen and oxygen atoms in total. The van der Waals surface area contributed by atoms with Gasteiger partial charge in [-0.3, -0.25) is 0 Å². The molecule has 146 valence electrons. The van der Waals surface area contributed by atoms with Crippen LogP contribution in [0.1, 0.15) is 29.8 Å². The van der Waals surface area contributed by atoms with Crippen LogP contribution in [0.25, 0.3) is 11.0 Å². The van der Waals surface area contributed by atoms with Crippen LogP contribution in [0, 0.1) is 5.92 Å². The van der Waals surface area contributed by atoms with E-state index < -0.39 is 0 Å². The van der Waals surface area contributed by atoms with Crippen molar-refractivity contribution in [2.45, 2.75) is 32.4 Å². The molecular formula is C22H26N4O2.